The van der Waals surface area contributed by atoms with Gasteiger partial charge in [-0.3, -0.25) is 4.79 Å². The Morgan fingerprint density at radius 3 is 3.00 bits per heavy atom. The van der Waals surface area contributed by atoms with Gasteiger partial charge in [-0.05, 0) is 12.1 Å². The van der Waals surface area contributed by atoms with Crippen LogP contribution >= 0.6 is 0 Å². The summed E-state index contributed by atoms with van der Waals surface area (Å²) >= 11 is 0. The molecule has 0 atom stereocenters. The number of para-hydroxylation sites is 1. The van der Waals surface area contributed by atoms with E-state index in [-0.39, 0.29) is 5.39 Å². The van der Waals surface area contributed by atoms with Crippen LogP contribution in [0.3, 0.4) is 0 Å². The molecule has 0 aliphatic rings. The highest BCUT2D eigenvalue weighted by Crippen LogP contribution is 2.11. The maximum absolute atomic E-state index is 13.3. The minimum absolute atomic E-state index is 0.270. The van der Waals surface area contributed by atoms with E-state index < -0.39 is 17.4 Å². The first-order valence-electron chi connectivity index (χ1n) is 3.97. The lowest BCUT2D eigenvalue weighted by Gasteiger charge is -1.96. The maximum Gasteiger partial charge on any atom is 0.251 e. The molecule has 3 heteroatoms. The summed E-state index contributed by atoms with van der Waals surface area (Å²) in [5.74, 6) is -0.764. The Kier molecular flexibility index (Phi) is 1.21. The number of H-pyrrole nitrogens is 1. The van der Waals surface area contributed by atoms with Gasteiger partial charge < -0.3 is 4.98 Å². The van der Waals surface area contributed by atoms with Gasteiger partial charge in [-0.2, -0.15) is 0 Å². The molecule has 2 aromatic rings. The van der Waals surface area contributed by atoms with Crippen LogP contribution in [0.2, 0.25) is 0 Å². The number of benzene rings is 1. The molecule has 1 aromatic heterocycles. The molecule has 0 aliphatic heterocycles. The monoisotopic (exact) mass is 164 g/mol. The minimum atomic E-state index is -0.764. The number of hydrogen-bond acceptors (Lipinski definition) is 1. The number of pyridine rings is 1. The topological polar surface area (TPSA) is 32.9 Å². The number of nitrogens with one attached hydrogen (secondary N) is 1. The molecular formula is C9H6FNO. The standard InChI is InChI=1S/C9H6FNO/c10-7-5-9(12)11-8-4-2-1-3-6(7)8/h1-5H,(H,11,12)/i5D. The second-order valence-corrected chi connectivity index (χ2v) is 2.44. The number of fused-ring (bicyclic) bond motifs is 1. The van der Waals surface area contributed by atoms with Crippen molar-refractivity contribution in [3.63, 3.8) is 0 Å². The molecule has 1 N–H and O–H groups in total. The molecule has 0 spiro atoms. The third-order valence-electron chi connectivity index (χ3n) is 1.64. The third-order valence-corrected chi connectivity index (χ3v) is 1.64. The smallest absolute Gasteiger partial charge is 0.251 e. The molecule has 2 nitrogen and oxygen atoms in total. The van der Waals surface area contributed by atoms with Gasteiger partial charge in [0.05, 0.1) is 6.89 Å². The highest BCUT2D eigenvalue weighted by atomic mass is 19.1. The second kappa shape index (κ2) is 2.44. The Labute approximate surface area is 69.1 Å². The van der Waals surface area contributed by atoms with E-state index in [1.165, 1.54) is 6.07 Å². The summed E-state index contributed by atoms with van der Waals surface area (Å²) in [5, 5.41) is 0.270. The van der Waals surface area contributed by atoms with Gasteiger partial charge in [0.25, 0.3) is 5.56 Å². The fourth-order valence-electron chi connectivity index (χ4n) is 1.10. The van der Waals surface area contributed by atoms with Crippen molar-refractivity contribution >= 4 is 10.9 Å². The zero-order valence-electron chi connectivity index (χ0n) is 7.10. The van der Waals surface area contributed by atoms with Crippen molar-refractivity contribution < 1.29 is 5.76 Å². The van der Waals surface area contributed by atoms with Crippen molar-refractivity contribution in [2.75, 3.05) is 0 Å². The predicted octanol–water partition coefficient (Wildman–Crippen LogP) is 1.67. The quantitative estimate of drug-likeness (QED) is 0.631. The Balaban J connectivity index is 3.02. The van der Waals surface area contributed by atoms with Crippen LogP contribution in [-0.4, -0.2) is 4.98 Å². The zero-order chi connectivity index (χ0) is 9.42. The van der Waals surface area contributed by atoms with E-state index in [4.69, 9.17) is 1.37 Å². The molecule has 0 radical (unpaired) electrons. The molecule has 12 heavy (non-hydrogen) atoms. The van der Waals surface area contributed by atoms with Crippen LogP contribution in [0.4, 0.5) is 4.39 Å². The Morgan fingerprint density at radius 2 is 2.17 bits per heavy atom. The summed E-state index contributed by atoms with van der Waals surface area (Å²) in [5.41, 5.74) is -0.280. The lowest BCUT2D eigenvalue weighted by molar-refractivity contribution is 0.637. The number of aromatic amines is 1. The zero-order valence-corrected chi connectivity index (χ0v) is 6.10. The van der Waals surface area contributed by atoms with Crippen LogP contribution in [0, 0.1) is 5.82 Å². The van der Waals surface area contributed by atoms with Gasteiger partial charge in [0, 0.05) is 11.4 Å². The molecule has 1 aromatic carbocycles. The van der Waals surface area contributed by atoms with E-state index in [0.717, 1.165) is 0 Å². The molecular weight excluding hydrogens is 157 g/mol. The minimum Gasteiger partial charge on any atom is -0.322 e. The average Bonchev–Trinajstić information content (AvgIpc) is 2.15. The number of rotatable bonds is 0. The number of aromatic nitrogens is 1. The fraction of sp³-hybridized carbons (Fsp3) is 0. The van der Waals surface area contributed by atoms with E-state index in [2.05, 4.69) is 4.98 Å². The van der Waals surface area contributed by atoms with Crippen LogP contribution in [0.5, 0.6) is 0 Å². The molecule has 0 saturated carbocycles. The highest BCUT2D eigenvalue weighted by Gasteiger charge is 1.99. The lowest BCUT2D eigenvalue weighted by atomic mass is 10.2. The van der Waals surface area contributed by atoms with Crippen LogP contribution in [0.15, 0.2) is 35.1 Å². The van der Waals surface area contributed by atoms with Crippen LogP contribution in [-0.2, 0) is 0 Å². The highest BCUT2D eigenvalue weighted by molar-refractivity contribution is 5.78. The summed E-state index contributed by atoms with van der Waals surface area (Å²) in [6.07, 6.45) is 0. The molecule has 60 valence electrons. The van der Waals surface area contributed by atoms with Gasteiger partial charge in [0.15, 0.2) is 0 Å². The van der Waals surface area contributed by atoms with E-state index >= 15 is 0 Å². The van der Waals surface area contributed by atoms with Gasteiger partial charge >= 0.3 is 0 Å². The van der Waals surface area contributed by atoms with Gasteiger partial charge in [-0.25, -0.2) is 4.39 Å². The largest absolute Gasteiger partial charge is 0.322 e. The summed E-state index contributed by atoms with van der Waals surface area (Å²) < 4.78 is 20.4. The van der Waals surface area contributed by atoms with E-state index in [9.17, 15) is 9.18 Å². The van der Waals surface area contributed by atoms with E-state index in [1.54, 1.807) is 18.2 Å². The van der Waals surface area contributed by atoms with E-state index in [0.29, 0.717) is 5.52 Å². The third kappa shape index (κ3) is 0.993. The summed E-state index contributed by atoms with van der Waals surface area (Å²) in [4.78, 5) is 13.4. The SMILES string of the molecule is [2H]c1c(F)c2ccccc2[nH]c1=O. The molecule has 2 rings (SSSR count). The number of halogens is 1. The molecule has 0 bridgehead atoms. The molecule has 0 aliphatic carbocycles. The Bertz CT molecular complexity index is 520. The maximum atomic E-state index is 13.3. The fourth-order valence-corrected chi connectivity index (χ4v) is 1.10. The van der Waals surface area contributed by atoms with Gasteiger partial charge in [-0.1, -0.05) is 12.1 Å². The molecule has 0 fully saturated rings. The van der Waals surface area contributed by atoms with Crippen molar-refractivity contribution in [1.29, 1.82) is 0 Å². The summed E-state index contributed by atoms with van der Waals surface area (Å²) in [6, 6.07) is 5.86. The van der Waals surface area contributed by atoms with Gasteiger partial charge in [-0.15, -0.1) is 0 Å². The van der Waals surface area contributed by atoms with Crippen LogP contribution < -0.4 is 5.56 Å². The average molecular weight is 164 g/mol. The van der Waals surface area contributed by atoms with Crippen molar-refractivity contribution in [2.45, 2.75) is 0 Å². The van der Waals surface area contributed by atoms with Gasteiger partial charge in [0.2, 0.25) is 0 Å². The van der Waals surface area contributed by atoms with Crippen molar-refractivity contribution in [3.8, 4) is 0 Å². The molecule has 0 amide bonds. The summed E-state index contributed by atoms with van der Waals surface area (Å²) in [6.45, 7) is 0. The van der Waals surface area contributed by atoms with Crippen molar-refractivity contribution in [3.05, 3.63) is 46.5 Å². The Hall–Kier alpha value is -1.64. The van der Waals surface area contributed by atoms with Crippen LogP contribution in [0.1, 0.15) is 1.37 Å². The normalized spacial score (nSPS) is 11.6. The first kappa shape index (κ1) is 5.94. The first-order chi connectivity index (χ1) is 6.20. The second-order valence-electron chi connectivity index (χ2n) is 2.44. The molecule has 0 saturated heterocycles. The van der Waals surface area contributed by atoms with Crippen molar-refractivity contribution in [2.24, 2.45) is 0 Å². The van der Waals surface area contributed by atoms with Gasteiger partial charge in [0.1, 0.15) is 5.82 Å². The summed E-state index contributed by atoms with van der Waals surface area (Å²) in [7, 11) is 0. The van der Waals surface area contributed by atoms with E-state index in [1.807, 2.05) is 0 Å². The predicted molar refractivity (Wildman–Crippen MR) is 44.5 cm³/mol. The number of hydrogen-bond donors (Lipinski definition) is 1. The Morgan fingerprint density at radius 1 is 1.42 bits per heavy atom. The molecule has 1 heterocycles. The van der Waals surface area contributed by atoms with Crippen LogP contribution in [0.25, 0.3) is 10.9 Å². The molecule has 0 unspecified atom stereocenters. The van der Waals surface area contributed by atoms with Crippen molar-refractivity contribution in [1.82, 2.24) is 4.98 Å². The lowest BCUT2D eigenvalue weighted by Crippen LogP contribution is -2.04. The first-order valence-corrected chi connectivity index (χ1v) is 3.47.